The summed E-state index contributed by atoms with van der Waals surface area (Å²) in [5.74, 6) is 0. The van der Waals surface area contributed by atoms with Crippen molar-refractivity contribution in [3.63, 3.8) is 0 Å². The second-order valence-electron chi connectivity index (χ2n) is 5.41. The molecule has 0 bridgehead atoms. The van der Waals surface area contributed by atoms with Gasteiger partial charge < -0.3 is 5.11 Å². The average molecular weight is 284 g/mol. The van der Waals surface area contributed by atoms with E-state index >= 15 is 0 Å². The lowest BCUT2D eigenvalue weighted by Crippen LogP contribution is -2.03. The van der Waals surface area contributed by atoms with Gasteiger partial charge in [-0.15, -0.1) is 11.8 Å². The molecule has 2 heteroatoms. The number of hydrogen-bond donors (Lipinski definition) is 1. The van der Waals surface area contributed by atoms with Gasteiger partial charge in [0.2, 0.25) is 0 Å². The third kappa shape index (κ3) is 3.25. The van der Waals surface area contributed by atoms with Crippen LogP contribution in [-0.4, -0.2) is 10.4 Å². The predicted octanol–water partition coefficient (Wildman–Crippen LogP) is 4.61. The Hall–Kier alpha value is -1.25. The third-order valence-corrected chi connectivity index (χ3v) is 5.29. The van der Waals surface area contributed by atoms with E-state index in [1.807, 2.05) is 42.1 Å². The molecular formula is C18H20OS. The van der Waals surface area contributed by atoms with E-state index in [2.05, 4.69) is 24.3 Å². The van der Waals surface area contributed by atoms with E-state index in [4.69, 9.17) is 0 Å². The van der Waals surface area contributed by atoms with Gasteiger partial charge in [0, 0.05) is 10.1 Å². The molecule has 0 radical (unpaired) electrons. The van der Waals surface area contributed by atoms with Crippen molar-refractivity contribution in [1.82, 2.24) is 0 Å². The van der Waals surface area contributed by atoms with Crippen molar-refractivity contribution in [2.75, 3.05) is 0 Å². The fraction of sp³-hybridized carbons (Fsp3) is 0.333. The monoisotopic (exact) mass is 284 g/mol. The zero-order chi connectivity index (χ0) is 13.8. The first-order valence-corrected chi connectivity index (χ1v) is 8.18. The molecule has 0 amide bonds. The van der Waals surface area contributed by atoms with Gasteiger partial charge >= 0.3 is 0 Å². The number of aliphatic hydroxyl groups is 1. The van der Waals surface area contributed by atoms with Gasteiger partial charge in [0.25, 0.3) is 0 Å². The highest BCUT2D eigenvalue weighted by Crippen LogP contribution is 2.39. The van der Waals surface area contributed by atoms with E-state index in [1.165, 1.54) is 23.3 Å². The molecule has 2 atom stereocenters. The molecule has 0 fully saturated rings. The molecule has 2 unspecified atom stereocenters. The topological polar surface area (TPSA) is 20.2 Å². The maximum Gasteiger partial charge on any atom is 0.0790 e. The summed E-state index contributed by atoms with van der Waals surface area (Å²) in [5.41, 5.74) is 2.53. The quantitative estimate of drug-likeness (QED) is 0.865. The summed E-state index contributed by atoms with van der Waals surface area (Å²) in [5, 5.41) is 10.9. The Morgan fingerprint density at radius 2 is 1.80 bits per heavy atom. The minimum absolute atomic E-state index is 0.315. The Morgan fingerprint density at radius 1 is 1.05 bits per heavy atom. The lowest BCUT2D eigenvalue weighted by molar-refractivity contribution is 0.163. The van der Waals surface area contributed by atoms with Crippen molar-refractivity contribution in [3.8, 4) is 0 Å². The molecule has 0 spiro atoms. The fourth-order valence-corrected chi connectivity index (χ4v) is 4.16. The number of fused-ring (bicyclic) bond motifs is 1. The number of aliphatic hydroxyl groups excluding tert-OH is 1. The largest absolute Gasteiger partial charge is 0.388 e. The molecular weight excluding hydrogens is 264 g/mol. The van der Waals surface area contributed by atoms with Crippen LogP contribution in [0, 0.1) is 0 Å². The van der Waals surface area contributed by atoms with Gasteiger partial charge in [-0.05, 0) is 42.9 Å². The average Bonchev–Trinajstić information content (AvgIpc) is 2.90. The van der Waals surface area contributed by atoms with Gasteiger partial charge in [-0.1, -0.05) is 48.5 Å². The molecule has 104 valence electrons. The highest BCUT2D eigenvalue weighted by atomic mass is 32.2. The summed E-state index contributed by atoms with van der Waals surface area (Å²) in [6.45, 7) is 0. The minimum Gasteiger partial charge on any atom is -0.388 e. The van der Waals surface area contributed by atoms with Crippen LogP contribution in [0.5, 0.6) is 0 Å². The zero-order valence-corrected chi connectivity index (χ0v) is 12.4. The molecule has 0 saturated carbocycles. The number of hydrogen-bond acceptors (Lipinski definition) is 2. The zero-order valence-electron chi connectivity index (χ0n) is 11.5. The van der Waals surface area contributed by atoms with E-state index in [0.29, 0.717) is 5.25 Å². The van der Waals surface area contributed by atoms with Gasteiger partial charge in [0.15, 0.2) is 0 Å². The second-order valence-corrected chi connectivity index (χ2v) is 6.75. The maximum absolute atomic E-state index is 10.2. The molecule has 1 nitrogen and oxygen atoms in total. The first kappa shape index (κ1) is 13.7. The van der Waals surface area contributed by atoms with Gasteiger partial charge in [-0.3, -0.25) is 0 Å². The van der Waals surface area contributed by atoms with Crippen LogP contribution in [0.2, 0.25) is 0 Å². The highest BCUT2D eigenvalue weighted by molar-refractivity contribution is 8.00. The molecule has 20 heavy (non-hydrogen) atoms. The molecule has 2 aromatic rings. The summed E-state index contributed by atoms with van der Waals surface area (Å²) in [4.78, 5) is 1.45. The molecule has 1 heterocycles. The third-order valence-electron chi connectivity index (χ3n) is 3.90. The Kier molecular flexibility index (Phi) is 4.44. The lowest BCUT2D eigenvalue weighted by Gasteiger charge is -2.12. The van der Waals surface area contributed by atoms with E-state index in [-0.39, 0.29) is 6.10 Å². The van der Waals surface area contributed by atoms with E-state index in [9.17, 15) is 5.11 Å². The van der Waals surface area contributed by atoms with E-state index in [0.717, 1.165) is 18.4 Å². The summed E-state index contributed by atoms with van der Waals surface area (Å²) >= 11 is 2.00. The van der Waals surface area contributed by atoms with E-state index < -0.39 is 0 Å². The predicted molar refractivity (Wildman–Crippen MR) is 85.0 cm³/mol. The highest BCUT2D eigenvalue weighted by Gasteiger charge is 2.21. The molecule has 2 aromatic carbocycles. The summed E-state index contributed by atoms with van der Waals surface area (Å²) in [7, 11) is 0. The van der Waals surface area contributed by atoms with Crippen LogP contribution in [0.4, 0.5) is 0 Å². The summed E-state index contributed by atoms with van der Waals surface area (Å²) in [6.07, 6.45) is 4.00. The standard InChI is InChI=1S/C18H20OS/c19-17(14-7-2-1-3-8-14)11-6-10-16-13-15-9-4-5-12-18(15)20-16/h1-5,7-9,12,16-17,19H,6,10-11,13H2. The molecule has 3 rings (SSSR count). The lowest BCUT2D eigenvalue weighted by atomic mass is 10.0. The van der Waals surface area contributed by atoms with E-state index in [1.54, 1.807) is 0 Å². The van der Waals surface area contributed by atoms with Crippen LogP contribution in [-0.2, 0) is 6.42 Å². The van der Waals surface area contributed by atoms with Crippen molar-refractivity contribution in [2.24, 2.45) is 0 Å². The summed E-state index contributed by atoms with van der Waals surface area (Å²) in [6, 6.07) is 18.7. The van der Waals surface area contributed by atoms with Crippen molar-refractivity contribution in [2.45, 2.75) is 41.9 Å². The second kappa shape index (κ2) is 6.47. The fourth-order valence-electron chi connectivity index (χ4n) is 2.80. The number of rotatable bonds is 5. The van der Waals surface area contributed by atoms with Crippen molar-refractivity contribution in [3.05, 3.63) is 65.7 Å². The van der Waals surface area contributed by atoms with Crippen LogP contribution in [0.15, 0.2) is 59.5 Å². The first-order chi connectivity index (χ1) is 9.83. The molecule has 0 aliphatic carbocycles. The summed E-state index contributed by atoms with van der Waals surface area (Å²) < 4.78 is 0. The van der Waals surface area contributed by atoms with Crippen LogP contribution < -0.4 is 0 Å². The number of benzene rings is 2. The first-order valence-electron chi connectivity index (χ1n) is 7.30. The molecule has 0 saturated heterocycles. The smallest absolute Gasteiger partial charge is 0.0790 e. The Morgan fingerprint density at radius 3 is 2.60 bits per heavy atom. The molecule has 1 aliphatic heterocycles. The van der Waals surface area contributed by atoms with Gasteiger partial charge in [0.1, 0.15) is 0 Å². The van der Waals surface area contributed by atoms with Crippen molar-refractivity contribution >= 4 is 11.8 Å². The SMILES string of the molecule is OC(CCCC1Cc2ccccc2S1)c1ccccc1. The van der Waals surface area contributed by atoms with Crippen molar-refractivity contribution in [1.29, 1.82) is 0 Å². The Balaban J connectivity index is 1.46. The van der Waals surface area contributed by atoms with Gasteiger partial charge in [-0.25, -0.2) is 0 Å². The van der Waals surface area contributed by atoms with Gasteiger partial charge in [-0.2, -0.15) is 0 Å². The van der Waals surface area contributed by atoms with Gasteiger partial charge in [0.05, 0.1) is 6.10 Å². The minimum atomic E-state index is -0.315. The van der Waals surface area contributed by atoms with Crippen molar-refractivity contribution < 1.29 is 5.11 Å². The van der Waals surface area contributed by atoms with Crippen LogP contribution in [0.3, 0.4) is 0 Å². The Bertz CT molecular complexity index is 527. The number of thioether (sulfide) groups is 1. The Labute approximate surface area is 125 Å². The maximum atomic E-state index is 10.2. The van der Waals surface area contributed by atoms with Crippen LogP contribution >= 0.6 is 11.8 Å². The van der Waals surface area contributed by atoms with Crippen LogP contribution in [0.25, 0.3) is 0 Å². The molecule has 1 aliphatic rings. The normalized spacial score (nSPS) is 18.8. The van der Waals surface area contributed by atoms with Crippen LogP contribution in [0.1, 0.15) is 36.5 Å². The molecule has 1 N–H and O–H groups in total. The molecule has 0 aromatic heterocycles.